The molecule has 1 amide bonds. The first-order chi connectivity index (χ1) is 11.6. The zero-order chi connectivity index (χ0) is 17.1. The van der Waals surface area contributed by atoms with Gasteiger partial charge in [0.05, 0.1) is 23.6 Å². The van der Waals surface area contributed by atoms with Crippen molar-refractivity contribution in [1.82, 2.24) is 14.7 Å². The van der Waals surface area contributed by atoms with Gasteiger partial charge in [0.25, 0.3) is 0 Å². The lowest BCUT2D eigenvalue weighted by molar-refractivity contribution is -0.117. The summed E-state index contributed by atoms with van der Waals surface area (Å²) < 4.78 is 1.80. The summed E-state index contributed by atoms with van der Waals surface area (Å²) in [4.78, 5) is 14.9. The summed E-state index contributed by atoms with van der Waals surface area (Å²) in [5, 5.41) is 7.41. The average Bonchev–Trinajstić information content (AvgIpc) is 2.82. The number of carbonyl (C=O) groups is 1. The molecule has 0 bridgehead atoms. The topological polar surface area (TPSA) is 50.2 Å². The molecule has 1 aliphatic heterocycles. The number of anilines is 1. The van der Waals surface area contributed by atoms with Crippen molar-refractivity contribution in [3.05, 3.63) is 47.3 Å². The third-order valence-corrected chi connectivity index (χ3v) is 5.57. The van der Waals surface area contributed by atoms with Crippen LogP contribution >= 0.6 is 11.8 Å². The smallest absolute Gasteiger partial charge is 0.238 e. The van der Waals surface area contributed by atoms with Crippen LogP contribution in [0.1, 0.15) is 23.0 Å². The minimum atomic E-state index is 0.0297. The van der Waals surface area contributed by atoms with E-state index in [9.17, 15) is 4.79 Å². The molecule has 24 heavy (non-hydrogen) atoms. The predicted molar refractivity (Wildman–Crippen MR) is 99.4 cm³/mol. The number of aryl methyl sites for hydroxylation is 2. The number of carbonyl (C=O) groups excluding carboxylic acids is 1. The summed E-state index contributed by atoms with van der Waals surface area (Å²) in [5.74, 6) is 2.13. The van der Waals surface area contributed by atoms with Gasteiger partial charge in [-0.25, -0.2) is 0 Å². The van der Waals surface area contributed by atoms with Crippen LogP contribution in [0.25, 0.3) is 0 Å². The highest BCUT2D eigenvalue weighted by Gasteiger charge is 2.26. The summed E-state index contributed by atoms with van der Waals surface area (Å²) in [6.45, 7) is 5.24. The van der Waals surface area contributed by atoms with Crippen LogP contribution in [0.4, 0.5) is 5.69 Å². The number of nitrogens with zero attached hydrogens (tertiary/aromatic N) is 3. The van der Waals surface area contributed by atoms with Gasteiger partial charge in [-0.2, -0.15) is 16.9 Å². The number of nitrogens with one attached hydrogen (secondary N) is 1. The largest absolute Gasteiger partial charge is 0.322 e. The van der Waals surface area contributed by atoms with Gasteiger partial charge in [-0.05, 0) is 19.4 Å². The number of aromatic nitrogens is 2. The molecule has 0 saturated carbocycles. The minimum absolute atomic E-state index is 0.0297. The van der Waals surface area contributed by atoms with Crippen LogP contribution in [0.3, 0.4) is 0 Å². The number of hydrogen-bond acceptors (Lipinski definition) is 4. The highest BCUT2D eigenvalue weighted by Crippen LogP contribution is 2.29. The number of rotatable bonds is 4. The van der Waals surface area contributed by atoms with E-state index in [1.54, 1.807) is 4.68 Å². The van der Waals surface area contributed by atoms with E-state index in [4.69, 9.17) is 0 Å². The van der Waals surface area contributed by atoms with E-state index in [1.807, 2.05) is 38.7 Å². The Morgan fingerprint density at radius 1 is 1.33 bits per heavy atom. The predicted octanol–water partition coefficient (Wildman–Crippen LogP) is 2.77. The van der Waals surface area contributed by atoms with Crippen LogP contribution in [0.2, 0.25) is 0 Å². The molecular weight excluding hydrogens is 320 g/mol. The molecule has 5 nitrogen and oxygen atoms in total. The molecule has 3 rings (SSSR count). The molecule has 0 radical (unpaired) electrons. The SMILES string of the molecule is Cc1nn(C)c(C)c1NC(=O)CN1CCSC[C@H]1c1ccccc1. The van der Waals surface area contributed by atoms with E-state index in [0.717, 1.165) is 35.1 Å². The normalized spacial score (nSPS) is 18.5. The molecule has 0 unspecified atom stereocenters. The van der Waals surface area contributed by atoms with Gasteiger partial charge in [0.2, 0.25) is 5.91 Å². The van der Waals surface area contributed by atoms with Crippen LogP contribution in [0, 0.1) is 13.8 Å². The molecule has 1 aliphatic rings. The maximum atomic E-state index is 12.6. The first-order valence-electron chi connectivity index (χ1n) is 8.23. The van der Waals surface area contributed by atoms with Crippen LogP contribution < -0.4 is 5.32 Å². The maximum Gasteiger partial charge on any atom is 0.238 e. The molecule has 1 aromatic carbocycles. The Kier molecular flexibility index (Phi) is 5.26. The van der Waals surface area contributed by atoms with E-state index in [1.165, 1.54) is 5.56 Å². The zero-order valence-electron chi connectivity index (χ0n) is 14.5. The lowest BCUT2D eigenvalue weighted by Crippen LogP contribution is -2.41. The monoisotopic (exact) mass is 344 g/mol. The lowest BCUT2D eigenvalue weighted by Gasteiger charge is -2.35. The van der Waals surface area contributed by atoms with E-state index in [0.29, 0.717) is 12.6 Å². The standard InChI is InChI=1S/C18H24N4OS/c1-13-18(14(2)21(3)20-13)19-17(23)11-22-9-10-24-12-16(22)15-7-5-4-6-8-15/h4-8,16H,9-12H2,1-3H3,(H,19,23)/t16-/m0/s1. The minimum Gasteiger partial charge on any atom is -0.322 e. The Morgan fingerprint density at radius 3 is 2.75 bits per heavy atom. The van der Waals surface area contributed by atoms with E-state index in [-0.39, 0.29) is 5.91 Å². The van der Waals surface area contributed by atoms with Crippen molar-refractivity contribution in [2.24, 2.45) is 7.05 Å². The number of hydrogen-bond donors (Lipinski definition) is 1. The van der Waals surface area contributed by atoms with Gasteiger partial charge in [0.15, 0.2) is 0 Å². The Labute approximate surface area is 147 Å². The second-order valence-electron chi connectivity index (χ2n) is 6.19. The lowest BCUT2D eigenvalue weighted by atomic mass is 10.1. The van der Waals surface area contributed by atoms with Crippen molar-refractivity contribution in [2.75, 3.05) is 29.9 Å². The molecule has 6 heteroatoms. The van der Waals surface area contributed by atoms with Crippen molar-refractivity contribution in [2.45, 2.75) is 19.9 Å². The Balaban J connectivity index is 1.70. The molecule has 0 aliphatic carbocycles. The fourth-order valence-corrected chi connectivity index (χ4v) is 4.28. The molecular formula is C18H24N4OS. The Morgan fingerprint density at radius 2 is 2.08 bits per heavy atom. The van der Waals surface area contributed by atoms with Gasteiger partial charge in [-0.15, -0.1) is 0 Å². The number of thioether (sulfide) groups is 1. The molecule has 1 fully saturated rings. The van der Waals surface area contributed by atoms with Gasteiger partial charge in [0, 0.05) is 31.1 Å². The van der Waals surface area contributed by atoms with Crippen molar-refractivity contribution < 1.29 is 4.79 Å². The van der Waals surface area contributed by atoms with E-state index < -0.39 is 0 Å². The zero-order valence-corrected chi connectivity index (χ0v) is 15.3. The first-order valence-corrected chi connectivity index (χ1v) is 9.38. The van der Waals surface area contributed by atoms with Crippen molar-refractivity contribution in [1.29, 1.82) is 0 Å². The van der Waals surface area contributed by atoms with Crippen LogP contribution in [0.5, 0.6) is 0 Å². The van der Waals surface area contributed by atoms with E-state index in [2.05, 4.69) is 39.6 Å². The summed E-state index contributed by atoms with van der Waals surface area (Å²) >= 11 is 1.95. The third-order valence-electron chi connectivity index (χ3n) is 4.54. The van der Waals surface area contributed by atoms with E-state index >= 15 is 0 Å². The molecule has 0 spiro atoms. The number of amides is 1. The quantitative estimate of drug-likeness (QED) is 0.927. The summed E-state index contributed by atoms with van der Waals surface area (Å²) in [6.07, 6.45) is 0. The fourth-order valence-electron chi connectivity index (χ4n) is 3.13. The average molecular weight is 344 g/mol. The van der Waals surface area contributed by atoms with Crippen molar-refractivity contribution in [3.8, 4) is 0 Å². The molecule has 1 atom stereocenters. The van der Waals surface area contributed by atoms with Crippen LogP contribution in [0.15, 0.2) is 30.3 Å². The summed E-state index contributed by atoms with van der Waals surface area (Å²) in [7, 11) is 1.89. The van der Waals surface area contributed by atoms with Gasteiger partial charge in [-0.1, -0.05) is 30.3 Å². The highest BCUT2D eigenvalue weighted by atomic mass is 32.2. The van der Waals surface area contributed by atoms with Gasteiger partial charge < -0.3 is 5.32 Å². The third kappa shape index (κ3) is 3.65. The highest BCUT2D eigenvalue weighted by molar-refractivity contribution is 7.99. The van der Waals surface area contributed by atoms with Gasteiger partial charge in [-0.3, -0.25) is 14.4 Å². The van der Waals surface area contributed by atoms with Crippen LogP contribution in [-0.2, 0) is 11.8 Å². The van der Waals surface area contributed by atoms with Crippen molar-refractivity contribution in [3.63, 3.8) is 0 Å². The summed E-state index contributed by atoms with van der Waals surface area (Å²) in [6, 6.07) is 10.8. The Hall–Kier alpha value is -1.79. The molecule has 128 valence electrons. The second-order valence-corrected chi connectivity index (χ2v) is 7.34. The number of benzene rings is 1. The maximum absolute atomic E-state index is 12.6. The fraction of sp³-hybridized carbons (Fsp3) is 0.444. The van der Waals surface area contributed by atoms with Crippen molar-refractivity contribution >= 4 is 23.4 Å². The Bertz CT molecular complexity index is 713. The first kappa shape index (κ1) is 17.0. The summed E-state index contributed by atoms with van der Waals surface area (Å²) in [5.41, 5.74) is 3.96. The van der Waals surface area contributed by atoms with Gasteiger partial charge in [0.1, 0.15) is 0 Å². The van der Waals surface area contributed by atoms with Crippen LogP contribution in [-0.4, -0.2) is 45.2 Å². The second kappa shape index (κ2) is 7.40. The molecule has 1 saturated heterocycles. The van der Waals surface area contributed by atoms with Gasteiger partial charge >= 0.3 is 0 Å². The molecule has 2 aromatic rings. The molecule has 2 heterocycles. The molecule has 1 N–H and O–H groups in total. The molecule has 1 aromatic heterocycles.